The Balaban J connectivity index is 2.73. The van der Waals surface area contributed by atoms with Crippen molar-refractivity contribution in [2.75, 3.05) is 27.2 Å². The Morgan fingerprint density at radius 1 is 1.39 bits per heavy atom. The number of methoxy groups -OCH3 is 1. The van der Waals surface area contributed by atoms with Gasteiger partial charge in [0, 0.05) is 18.7 Å². The second-order valence-corrected chi connectivity index (χ2v) is 5.51. The zero-order chi connectivity index (χ0) is 13.8. The van der Waals surface area contributed by atoms with Crippen molar-refractivity contribution in [1.29, 1.82) is 0 Å². The molecule has 0 heterocycles. The molecule has 0 bridgehead atoms. The number of hydrogen-bond acceptors (Lipinski definition) is 4. The van der Waals surface area contributed by atoms with Gasteiger partial charge in [-0.15, -0.1) is 0 Å². The third-order valence-electron chi connectivity index (χ3n) is 2.99. The number of phenols is 1. The van der Waals surface area contributed by atoms with Crippen LogP contribution in [-0.2, 0) is 6.54 Å². The van der Waals surface area contributed by atoms with E-state index in [2.05, 4.69) is 18.7 Å². The van der Waals surface area contributed by atoms with E-state index in [0.29, 0.717) is 18.8 Å². The molecule has 1 rings (SSSR count). The van der Waals surface area contributed by atoms with Gasteiger partial charge in [-0.05, 0) is 25.1 Å². The Labute approximate surface area is 109 Å². The van der Waals surface area contributed by atoms with Crippen LogP contribution in [0, 0.1) is 5.41 Å². The SMILES string of the molecule is COc1cccc(CN(C)CC(C)(C)CN)c1O. The lowest BCUT2D eigenvalue weighted by molar-refractivity contribution is 0.207. The summed E-state index contributed by atoms with van der Waals surface area (Å²) in [7, 11) is 3.58. The number of phenolic OH excluding ortho intramolecular Hbond substituents is 1. The van der Waals surface area contributed by atoms with Crippen molar-refractivity contribution in [3.63, 3.8) is 0 Å². The van der Waals surface area contributed by atoms with Gasteiger partial charge in [-0.2, -0.15) is 0 Å². The smallest absolute Gasteiger partial charge is 0.162 e. The summed E-state index contributed by atoms with van der Waals surface area (Å²) in [4.78, 5) is 2.15. The fourth-order valence-corrected chi connectivity index (χ4v) is 2.00. The van der Waals surface area contributed by atoms with E-state index in [4.69, 9.17) is 10.5 Å². The van der Waals surface area contributed by atoms with E-state index in [-0.39, 0.29) is 11.2 Å². The highest BCUT2D eigenvalue weighted by molar-refractivity contribution is 5.45. The second kappa shape index (κ2) is 6.07. The summed E-state index contributed by atoms with van der Waals surface area (Å²) in [6.07, 6.45) is 0. The average Bonchev–Trinajstić information content (AvgIpc) is 2.31. The van der Waals surface area contributed by atoms with Crippen LogP contribution in [-0.4, -0.2) is 37.3 Å². The summed E-state index contributed by atoms with van der Waals surface area (Å²) < 4.78 is 5.10. The molecule has 0 unspecified atom stereocenters. The maximum absolute atomic E-state index is 10.0. The van der Waals surface area contributed by atoms with E-state index in [1.54, 1.807) is 13.2 Å². The molecule has 0 atom stereocenters. The topological polar surface area (TPSA) is 58.7 Å². The van der Waals surface area contributed by atoms with Gasteiger partial charge in [-0.25, -0.2) is 0 Å². The molecule has 0 fully saturated rings. The molecule has 0 spiro atoms. The van der Waals surface area contributed by atoms with Crippen molar-refractivity contribution < 1.29 is 9.84 Å². The highest BCUT2D eigenvalue weighted by atomic mass is 16.5. The molecule has 3 N–H and O–H groups in total. The number of nitrogens with two attached hydrogens (primary N) is 1. The highest BCUT2D eigenvalue weighted by Gasteiger charge is 2.19. The van der Waals surface area contributed by atoms with Crippen LogP contribution in [0.2, 0.25) is 0 Å². The molecule has 4 nitrogen and oxygen atoms in total. The zero-order valence-electron chi connectivity index (χ0n) is 11.7. The molecular weight excluding hydrogens is 228 g/mol. The summed E-state index contributed by atoms with van der Waals surface area (Å²) >= 11 is 0. The van der Waals surface area contributed by atoms with Crippen molar-refractivity contribution >= 4 is 0 Å². The fourth-order valence-electron chi connectivity index (χ4n) is 2.00. The van der Waals surface area contributed by atoms with Crippen molar-refractivity contribution in [2.24, 2.45) is 11.1 Å². The lowest BCUT2D eigenvalue weighted by Crippen LogP contribution is -2.36. The van der Waals surface area contributed by atoms with E-state index in [0.717, 1.165) is 12.1 Å². The van der Waals surface area contributed by atoms with Crippen molar-refractivity contribution in [3.05, 3.63) is 23.8 Å². The lowest BCUT2D eigenvalue weighted by Gasteiger charge is -2.29. The molecule has 1 aromatic rings. The minimum atomic E-state index is 0.0727. The Kier molecular flexibility index (Phi) is 4.99. The summed E-state index contributed by atoms with van der Waals surface area (Å²) in [5, 5.41) is 10.0. The van der Waals surface area contributed by atoms with Crippen LogP contribution < -0.4 is 10.5 Å². The van der Waals surface area contributed by atoms with E-state index >= 15 is 0 Å². The Hall–Kier alpha value is -1.26. The molecule has 4 heteroatoms. The number of aromatic hydroxyl groups is 1. The minimum Gasteiger partial charge on any atom is -0.504 e. The van der Waals surface area contributed by atoms with Gasteiger partial charge in [-0.3, -0.25) is 0 Å². The van der Waals surface area contributed by atoms with Gasteiger partial charge in [0.25, 0.3) is 0 Å². The largest absolute Gasteiger partial charge is 0.504 e. The van der Waals surface area contributed by atoms with Crippen LogP contribution in [0.4, 0.5) is 0 Å². The molecule has 102 valence electrons. The van der Waals surface area contributed by atoms with Gasteiger partial charge in [-0.1, -0.05) is 26.0 Å². The molecule has 0 aromatic heterocycles. The second-order valence-electron chi connectivity index (χ2n) is 5.51. The quantitative estimate of drug-likeness (QED) is 0.811. The normalized spacial score (nSPS) is 11.9. The van der Waals surface area contributed by atoms with Gasteiger partial charge < -0.3 is 20.5 Å². The Morgan fingerprint density at radius 3 is 2.61 bits per heavy atom. The first kappa shape index (κ1) is 14.8. The van der Waals surface area contributed by atoms with Gasteiger partial charge in [0.15, 0.2) is 11.5 Å². The van der Waals surface area contributed by atoms with Crippen LogP contribution in [0.25, 0.3) is 0 Å². The van der Waals surface area contributed by atoms with Crippen LogP contribution in [0.5, 0.6) is 11.5 Å². The number of benzene rings is 1. The monoisotopic (exact) mass is 252 g/mol. The lowest BCUT2D eigenvalue weighted by atomic mass is 9.93. The first-order chi connectivity index (χ1) is 8.39. The molecule has 0 aliphatic heterocycles. The maximum Gasteiger partial charge on any atom is 0.162 e. The van der Waals surface area contributed by atoms with Crippen LogP contribution in [0.1, 0.15) is 19.4 Å². The van der Waals surface area contributed by atoms with Crippen molar-refractivity contribution in [1.82, 2.24) is 4.90 Å². The molecule has 0 saturated heterocycles. The summed E-state index contributed by atoms with van der Waals surface area (Å²) in [5.41, 5.74) is 6.67. The summed E-state index contributed by atoms with van der Waals surface area (Å²) in [6.45, 7) is 6.46. The fraction of sp³-hybridized carbons (Fsp3) is 0.571. The molecule has 0 radical (unpaired) electrons. The van der Waals surface area contributed by atoms with E-state index in [9.17, 15) is 5.11 Å². The first-order valence-corrected chi connectivity index (χ1v) is 6.13. The van der Waals surface area contributed by atoms with Gasteiger partial charge >= 0.3 is 0 Å². The molecule has 0 aliphatic carbocycles. The van der Waals surface area contributed by atoms with Crippen LogP contribution >= 0.6 is 0 Å². The average molecular weight is 252 g/mol. The summed E-state index contributed by atoms with van der Waals surface area (Å²) in [5.74, 6) is 0.733. The number of para-hydroxylation sites is 1. The molecule has 1 aromatic carbocycles. The first-order valence-electron chi connectivity index (χ1n) is 6.13. The van der Waals surface area contributed by atoms with Crippen molar-refractivity contribution in [2.45, 2.75) is 20.4 Å². The third-order valence-corrected chi connectivity index (χ3v) is 2.99. The number of ether oxygens (including phenoxy) is 1. The van der Waals surface area contributed by atoms with Gasteiger partial charge in [0.2, 0.25) is 0 Å². The predicted molar refractivity (Wildman–Crippen MR) is 73.8 cm³/mol. The molecule has 18 heavy (non-hydrogen) atoms. The van der Waals surface area contributed by atoms with E-state index < -0.39 is 0 Å². The van der Waals surface area contributed by atoms with E-state index in [1.165, 1.54) is 0 Å². The molecular formula is C14H24N2O2. The van der Waals surface area contributed by atoms with Crippen LogP contribution in [0.15, 0.2) is 18.2 Å². The Bertz CT molecular complexity index is 391. The Morgan fingerprint density at radius 2 is 2.06 bits per heavy atom. The third kappa shape index (κ3) is 3.89. The van der Waals surface area contributed by atoms with Gasteiger partial charge in [0.05, 0.1) is 7.11 Å². The predicted octanol–water partition coefficient (Wildman–Crippen LogP) is 1.82. The van der Waals surface area contributed by atoms with Crippen molar-refractivity contribution in [3.8, 4) is 11.5 Å². The number of rotatable bonds is 6. The number of nitrogens with zero attached hydrogens (tertiary/aromatic N) is 1. The standard InChI is InChI=1S/C14H24N2O2/c1-14(2,9-15)10-16(3)8-11-6-5-7-12(18-4)13(11)17/h5-7,17H,8-10,15H2,1-4H3. The summed E-state index contributed by atoms with van der Waals surface area (Å²) in [6, 6.07) is 5.54. The minimum absolute atomic E-state index is 0.0727. The van der Waals surface area contributed by atoms with Gasteiger partial charge in [0.1, 0.15) is 0 Å². The molecule has 0 amide bonds. The molecule has 0 saturated carbocycles. The maximum atomic E-state index is 10.0. The zero-order valence-corrected chi connectivity index (χ0v) is 11.7. The number of hydrogen-bond donors (Lipinski definition) is 2. The molecule has 0 aliphatic rings. The highest BCUT2D eigenvalue weighted by Crippen LogP contribution is 2.30. The van der Waals surface area contributed by atoms with E-state index in [1.807, 2.05) is 19.2 Å². The van der Waals surface area contributed by atoms with Crippen LogP contribution in [0.3, 0.4) is 0 Å².